The van der Waals surface area contributed by atoms with Crippen LogP contribution >= 0.6 is 7.75 Å². The lowest BCUT2D eigenvalue weighted by Crippen LogP contribution is -2.47. The first-order chi connectivity index (χ1) is 19.7. The van der Waals surface area contributed by atoms with E-state index in [1.807, 2.05) is 0 Å². The number of halogens is 2. The summed E-state index contributed by atoms with van der Waals surface area (Å²) in [5.74, 6) is -4.20. The van der Waals surface area contributed by atoms with E-state index in [1.54, 1.807) is 39.0 Å². The first-order valence-electron chi connectivity index (χ1n) is 13.0. The standard InChI is InChI=1S/C25H33F2N6O8P/c1-6-37-19-17-18(30-23(28)31-19)33(13-29-17)22-24(5,26)21(35)25(27,40-22)12-38-42(36,41-16-10-8-7-9-11-16)32-15(4)20(34)39-14(2)3/h7-11,13-15,21-22,35H,6,12H2,1-5H3,(H,32,36)(H2,28,30,31)/t15?,21-,22+,24+,25+,42+/m0/s1. The fourth-order valence-corrected chi connectivity index (χ4v) is 5.69. The molecule has 14 nitrogen and oxygen atoms in total. The molecule has 6 atom stereocenters. The summed E-state index contributed by atoms with van der Waals surface area (Å²) in [6, 6.07) is 6.50. The number of carbonyl (C=O) groups excluding carboxylic acids is 1. The molecule has 3 heterocycles. The van der Waals surface area contributed by atoms with E-state index < -0.39 is 56.3 Å². The molecule has 4 rings (SSSR count). The highest BCUT2D eigenvalue weighted by atomic mass is 31.2. The third kappa shape index (κ3) is 6.47. The Kier molecular flexibility index (Phi) is 9.04. The summed E-state index contributed by atoms with van der Waals surface area (Å²) in [7, 11) is -4.58. The maximum atomic E-state index is 16.2. The van der Waals surface area contributed by atoms with Gasteiger partial charge in [0, 0.05) is 0 Å². The van der Waals surface area contributed by atoms with Crippen LogP contribution in [0.3, 0.4) is 0 Å². The number of hydrogen-bond donors (Lipinski definition) is 3. The average Bonchev–Trinajstić information content (AvgIpc) is 3.40. The molecule has 0 amide bonds. The second kappa shape index (κ2) is 12.1. The minimum absolute atomic E-state index is 0.0166. The maximum absolute atomic E-state index is 16.2. The number of hydrogen-bond acceptors (Lipinski definition) is 12. The number of ether oxygens (including phenoxy) is 3. The van der Waals surface area contributed by atoms with E-state index in [1.165, 1.54) is 19.1 Å². The van der Waals surface area contributed by atoms with Gasteiger partial charge in [-0.3, -0.25) is 13.9 Å². The van der Waals surface area contributed by atoms with Gasteiger partial charge in [-0.1, -0.05) is 18.2 Å². The second-order valence-corrected chi connectivity index (χ2v) is 11.7. The SMILES string of the molecule is CCOc1nc(N)nc2c1ncn2[C@@H]1O[C@](F)(CO[P@](=O)(NC(C)C(=O)OC(C)C)Oc2ccccc2)[C@@H](O)[C@@]1(C)F. The molecular formula is C25H33F2N6O8P. The van der Waals surface area contributed by atoms with E-state index in [0.717, 1.165) is 17.8 Å². The summed E-state index contributed by atoms with van der Waals surface area (Å²) >= 11 is 0. The van der Waals surface area contributed by atoms with Gasteiger partial charge < -0.3 is 29.6 Å². The molecule has 1 fully saturated rings. The molecule has 0 bridgehead atoms. The first-order valence-corrected chi connectivity index (χ1v) is 14.6. The summed E-state index contributed by atoms with van der Waals surface area (Å²) < 4.78 is 73.7. The van der Waals surface area contributed by atoms with E-state index in [9.17, 15) is 14.5 Å². The Balaban J connectivity index is 1.61. The highest BCUT2D eigenvalue weighted by molar-refractivity contribution is 7.52. The quantitative estimate of drug-likeness (QED) is 0.200. The Hall–Kier alpha value is -3.43. The molecule has 0 radical (unpaired) electrons. The number of aromatic nitrogens is 4. The highest BCUT2D eigenvalue weighted by Crippen LogP contribution is 2.52. The van der Waals surface area contributed by atoms with E-state index in [4.69, 9.17) is 29.0 Å². The lowest BCUT2D eigenvalue weighted by Gasteiger charge is -2.28. The molecule has 0 spiro atoms. The molecule has 1 aliphatic heterocycles. The summed E-state index contributed by atoms with van der Waals surface area (Å²) in [5, 5.41) is 13.2. The van der Waals surface area contributed by atoms with Crippen LogP contribution in [0.2, 0.25) is 0 Å². The zero-order valence-corrected chi connectivity index (χ0v) is 24.5. The van der Waals surface area contributed by atoms with Crippen LogP contribution in [0.1, 0.15) is 40.8 Å². The average molecular weight is 615 g/mol. The van der Waals surface area contributed by atoms with Crippen molar-refractivity contribution in [2.45, 2.75) is 70.6 Å². The topological polar surface area (TPSA) is 182 Å². The number of benzene rings is 1. The van der Waals surface area contributed by atoms with Crippen molar-refractivity contribution < 1.29 is 46.5 Å². The molecule has 1 unspecified atom stereocenters. The Morgan fingerprint density at radius 3 is 2.60 bits per heavy atom. The van der Waals surface area contributed by atoms with Crippen LogP contribution in [0.4, 0.5) is 14.7 Å². The number of nitrogen functional groups attached to an aromatic ring is 1. The zero-order chi connectivity index (χ0) is 30.9. The third-order valence-corrected chi connectivity index (χ3v) is 7.75. The predicted molar refractivity (Wildman–Crippen MR) is 145 cm³/mol. The number of aliphatic hydroxyl groups is 1. The second-order valence-electron chi connectivity index (χ2n) is 9.97. The van der Waals surface area contributed by atoms with Gasteiger partial charge in [0.15, 0.2) is 29.2 Å². The summed E-state index contributed by atoms with van der Waals surface area (Å²) in [6.45, 7) is 6.14. The van der Waals surface area contributed by atoms with Gasteiger partial charge in [-0.05, 0) is 46.8 Å². The number of anilines is 1. The number of nitrogens with one attached hydrogen (secondary N) is 1. The zero-order valence-electron chi connectivity index (χ0n) is 23.6. The maximum Gasteiger partial charge on any atom is 0.459 e. The van der Waals surface area contributed by atoms with Crippen LogP contribution in [0, 0.1) is 0 Å². The van der Waals surface area contributed by atoms with Crippen molar-refractivity contribution in [3.8, 4) is 11.6 Å². The third-order valence-electron chi connectivity index (χ3n) is 6.13. The number of esters is 1. The van der Waals surface area contributed by atoms with Crippen LogP contribution in [0.5, 0.6) is 11.6 Å². The Bertz CT molecular complexity index is 1460. The van der Waals surface area contributed by atoms with Crippen LogP contribution in [0.15, 0.2) is 36.7 Å². The number of nitrogens with zero attached hydrogens (tertiary/aromatic N) is 4. The van der Waals surface area contributed by atoms with Gasteiger partial charge in [0.1, 0.15) is 18.4 Å². The van der Waals surface area contributed by atoms with Gasteiger partial charge in [0.25, 0.3) is 5.85 Å². The molecule has 17 heteroatoms. The van der Waals surface area contributed by atoms with Gasteiger partial charge in [0.05, 0.1) is 19.0 Å². The lowest BCUT2D eigenvalue weighted by molar-refractivity contribution is -0.202. The molecular weight excluding hydrogens is 581 g/mol. The van der Waals surface area contributed by atoms with E-state index in [-0.39, 0.29) is 35.3 Å². The number of rotatable bonds is 12. The highest BCUT2D eigenvalue weighted by Gasteiger charge is 2.65. The van der Waals surface area contributed by atoms with E-state index in [2.05, 4.69) is 20.0 Å². The molecule has 3 aromatic rings. The number of aliphatic hydroxyl groups excluding tert-OH is 1. The molecule has 4 N–H and O–H groups in total. The van der Waals surface area contributed by atoms with Crippen LogP contribution in [0.25, 0.3) is 11.2 Å². The molecule has 1 aliphatic rings. The molecule has 0 saturated carbocycles. The predicted octanol–water partition coefficient (Wildman–Crippen LogP) is 3.22. The van der Waals surface area contributed by atoms with Crippen molar-refractivity contribution in [3.05, 3.63) is 36.7 Å². The van der Waals surface area contributed by atoms with Crippen LogP contribution < -0.4 is 20.1 Å². The normalized spacial score (nSPS) is 26.2. The lowest BCUT2D eigenvalue weighted by atomic mass is 9.97. The van der Waals surface area contributed by atoms with Gasteiger partial charge in [-0.2, -0.15) is 15.1 Å². The van der Waals surface area contributed by atoms with Gasteiger partial charge in [-0.25, -0.2) is 18.3 Å². The fraction of sp³-hybridized carbons (Fsp3) is 0.520. The van der Waals surface area contributed by atoms with Crippen molar-refractivity contribution in [1.82, 2.24) is 24.6 Å². The number of para-hydroxylation sites is 1. The van der Waals surface area contributed by atoms with Gasteiger partial charge in [-0.15, -0.1) is 0 Å². The molecule has 230 valence electrons. The van der Waals surface area contributed by atoms with Gasteiger partial charge >= 0.3 is 13.7 Å². The number of fused-ring (bicyclic) bond motifs is 1. The molecule has 2 aromatic heterocycles. The minimum atomic E-state index is -4.58. The van der Waals surface area contributed by atoms with Crippen molar-refractivity contribution in [1.29, 1.82) is 0 Å². The minimum Gasteiger partial charge on any atom is -0.476 e. The molecule has 0 aliphatic carbocycles. The van der Waals surface area contributed by atoms with Gasteiger partial charge in [0.2, 0.25) is 11.8 Å². The number of carbonyl (C=O) groups is 1. The van der Waals surface area contributed by atoms with Crippen LogP contribution in [-0.4, -0.2) is 73.6 Å². The summed E-state index contributed by atoms with van der Waals surface area (Å²) in [6.07, 6.45) is -3.66. The van der Waals surface area contributed by atoms with Crippen molar-refractivity contribution in [2.75, 3.05) is 18.9 Å². The van der Waals surface area contributed by atoms with Crippen LogP contribution in [-0.2, 0) is 23.4 Å². The number of imidazole rings is 1. The summed E-state index contributed by atoms with van der Waals surface area (Å²) in [5.41, 5.74) is 3.03. The molecule has 1 saturated heterocycles. The Morgan fingerprint density at radius 2 is 1.95 bits per heavy atom. The largest absolute Gasteiger partial charge is 0.476 e. The van der Waals surface area contributed by atoms with Crippen molar-refractivity contribution in [3.63, 3.8) is 0 Å². The van der Waals surface area contributed by atoms with Crippen molar-refractivity contribution >= 4 is 30.8 Å². The Labute approximate surface area is 240 Å². The Morgan fingerprint density at radius 1 is 1.26 bits per heavy atom. The fourth-order valence-electron chi connectivity index (χ4n) is 4.19. The van der Waals surface area contributed by atoms with Crippen molar-refractivity contribution in [2.24, 2.45) is 0 Å². The van der Waals surface area contributed by atoms with E-state index in [0.29, 0.717) is 0 Å². The summed E-state index contributed by atoms with van der Waals surface area (Å²) in [4.78, 5) is 24.5. The first kappa shape index (κ1) is 31.5. The number of nitrogens with two attached hydrogens (primary N) is 1. The smallest absolute Gasteiger partial charge is 0.459 e. The number of alkyl halides is 2. The monoisotopic (exact) mass is 614 g/mol. The van der Waals surface area contributed by atoms with E-state index >= 15 is 8.78 Å². The molecule has 1 aromatic carbocycles. The molecule has 42 heavy (non-hydrogen) atoms.